The molecule has 0 aromatic heterocycles. The molecule has 1 saturated carbocycles. The van der Waals surface area contributed by atoms with Crippen LogP contribution in [0.2, 0.25) is 0 Å². The largest absolute Gasteiger partial charge is 0.309 e. The Morgan fingerprint density at radius 1 is 0.407 bits per heavy atom. The van der Waals surface area contributed by atoms with E-state index in [9.17, 15) is 0 Å². The highest BCUT2D eigenvalue weighted by Gasteiger charge is 2.27. The molecule has 1 nitrogen and oxygen atoms in total. The monoisotopic (exact) mass is 761 g/mol. The highest BCUT2D eigenvalue weighted by molar-refractivity contribution is 6.14. The van der Waals surface area contributed by atoms with E-state index < -0.39 is 0 Å². The van der Waals surface area contributed by atoms with Gasteiger partial charge in [0.15, 0.2) is 0 Å². The maximum Gasteiger partial charge on any atom is 0.0543 e. The van der Waals surface area contributed by atoms with Gasteiger partial charge in [0.1, 0.15) is 0 Å². The van der Waals surface area contributed by atoms with Crippen LogP contribution in [-0.4, -0.2) is 0 Å². The zero-order valence-electron chi connectivity index (χ0n) is 34.5. The molecule has 0 heterocycles. The first kappa shape index (κ1) is 36.9. The molecular weight excluding hydrogens is 711 g/mol. The van der Waals surface area contributed by atoms with Gasteiger partial charge in [-0.1, -0.05) is 210 Å². The summed E-state index contributed by atoms with van der Waals surface area (Å²) in [6.45, 7) is 6.97. The summed E-state index contributed by atoms with van der Waals surface area (Å²) < 4.78 is 0. The Morgan fingerprint density at radius 3 is 1.76 bits per heavy atom. The van der Waals surface area contributed by atoms with Gasteiger partial charge in [0.25, 0.3) is 0 Å². The van der Waals surface area contributed by atoms with Gasteiger partial charge in [0.05, 0.1) is 17.1 Å². The average Bonchev–Trinajstić information content (AvgIpc) is 3.29. The SMILES string of the molecule is CC(C)(C)c1ccc(-c2ccccc2)c(N(c2ccccc2-c2cccc3c2ccc2ccccc23)c2ccccc2-c2cccc3cccc(C4CCCCC4)c23)c1. The molecule has 0 radical (unpaired) electrons. The van der Waals surface area contributed by atoms with Crippen molar-refractivity contribution in [3.63, 3.8) is 0 Å². The van der Waals surface area contributed by atoms with Crippen LogP contribution < -0.4 is 4.90 Å². The second kappa shape index (κ2) is 15.4. The summed E-state index contributed by atoms with van der Waals surface area (Å²) in [4.78, 5) is 2.59. The van der Waals surface area contributed by atoms with Gasteiger partial charge in [0.2, 0.25) is 0 Å². The molecule has 1 aliphatic rings. The van der Waals surface area contributed by atoms with E-state index in [1.54, 1.807) is 0 Å². The van der Waals surface area contributed by atoms with Gasteiger partial charge < -0.3 is 4.90 Å². The van der Waals surface area contributed by atoms with Crippen molar-refractivity contribution in [2.75, 3.05) is 4.90 Å². The Labute approximate surface area is 349 Å². The first-order chi connectivity index (χ1) is 28.9. The van der Waals surface area contributed by atoms with E-state index in [4.69, 9.17) is 0 Å². The summed E-state index contributed by atoms with van der Waals surface area (Å²) in [5.74, 6) is 0.577. The minimum Gasteiger partial charge on any atom is -0.309 e. The van der Waals surface area contributed by atoms with Crippen molar-refractivity contribution in [2.24, 2.45) is 0 Å². The molecule has 0 unspecified atom stereocenters. The number of hydrogen-bond donors (Lipinski definition) is 0. The van der Waals surface area contributed by atoms with Crippen molar-refractivity contribution < 1.29 is 0 Å². The summed E-state index contributed by atoms with van der Waals surface area (Å²) >= 11 is 0. The standard InChI is InChI=1S/C58H51N/c1-58(2,3)44-36-38-46(40-19-6-4-7-20-40)56(39-44)59(54-33-14-12-27-51(54)49-31-18-30-48-45-26-11-10-23-42(45)35-37-50(48)49)55-34-15-13-28-52(55)53-32-17-25-43-24-16-29-47(57(43)53)41-21-8-5-9-22-41/h4,6-7,10-20,23-39,41H,5,8-9,21-22H2,1-3H3. The fourth-order valence-corrected chi connectivity index (χ4v) is 9.85. The molecule has 1 fully saturated rings. The summed E-state index contributed by atoms with van der Waals surface area (Å²) in [6.07, 6.45) is 6.47. The van der Waals surface area contributed by atoms with Crippen LogP contribution in [0.3, 0.4) is 0 Å². The van der Waals surface area contributed by atoms with Crippen LogP contribution >= 0.6 is 0 Å². The molecular formula is C58H51N. The minimum atomic E-state index is -0.0596. The summed E-state index contributed by atoms with van der Waals surface area (Å²) in [5, 5.41) is 7.78. The van der Waals surface area contributed by atoms with E-state index in [2.05, 4.69) is 214 Å². The van der Waals surface area contributed by atoms with Crippen molar-refractivity contribution in [3.8, 4) is 33.4 Å². The lowest BCUT2D eigenvalue weighted by Crippen LogP contribution is -2.17. The molecule has 0 spiro atoms. The lowest BCUT2D eigenvalue weighted by Gasteiger charge is -2.33. The zero-order valence-corrected chi connectivity index (χ0v) is 34.5. The van der Waals surface area contributed by atoms with E-state index in [-0.39, 0.29) is 5.41 Å². The Kier molecular flexibility index (Phi) is 9.61. The number of benzene rings is 9. The molecule has 0 atom stereocenters. The van der Waals surface area contributed by atoms with E-state index in [1.807, 2.05) is 0 Å². The lowest BCUT2D eigenvalue weighted by atomic mass is 9.80. The highest BCUT2D eigenvalue weighted by Crippen LogP contribution is 2.51. The number of hydrogen-bond acceptors (Lipinski definition) is 1. The molecule has 0 saturated heterocycles. The van der Waals surface area contributed by atoms with Crippen LogP contribution in [-0.2, 0) is 5.41 Å². The quantitative estimate of drug-likeness (QED) is 0.146. The maximum atomic E-state index is 2.59. The van der Waals surface area contributed by atoms with Gasteiger partial charge in [-0.25, -0.2) is 0 Å². The number of rotatable bonds is 7. The fourth-order valence-electron chi connectivity index (χ4n) is 9.85. The van der Waals surface area contributed by atoms with E-state index in [0.29, 0.717) is 5.92 Å². The second-order valence-electron chi connectivity index (χ2n) is 17.5. The Bertz CT molecular complexity index is 2950. The molecule has 9 aromatic rings. The topological polar surface area (TPSA) is 3.24 Å². The summed E-state index contributed by atoms with van der Waals surface area (Å²) in [7, 11) is 0. The molecule has 0 N–H and O–H groups in total. The number of fused-ring (bicyclic) bond motifs is 4. The average molecular weight is 762 g/mol. The van der Waals surface area contributed by atoms with Gasteiger partial charge in [-0.15, -0.1) is 0 Å². The molecule has 10 rings (SSSR count). The Hall–Kier alpha value is -6.44. The van der Waals surface area contributed by atoms with Crippen molar-refractivity contribution in [2.45, 2.75) is 64.2 Å². The first-order valence-electron chi connectivity index (χ1n) is 21.5. The minimum absolute atomic E-state index is 0.0596. The molecule has 0 aliphatic heterocycles. The molecule has 59 heavy (non-hydrogen) atoms. The van der Waals surface area contributed by atoms with Gasteiger partial charge in [-0.05, 0) is 103 Å². The van der Waals surface area contributed by atoms with Crippen molar-refractivity contribution in [1.29, 1.82) is 0 Å². The number of nitrogens with zero attached hydrogens (tertiary/aromatic N) is 1. The zero-order chi connectivity index (χ0) is 39.9. The predicted molar refractivity (Wildman–Crippen MR) is 254 cm³/mol. The number of para-hydroxylation sites is 2. The fraction of sp³-hybridized carbons (Fsp3) is 0.172. The molecule has 1 aliphatic carbocycles. The third-order valence-corrected chi connectivity index (χ3v) is 12.8. The molecule has 9 aromatic carbocycles. The van der Waals surface area contributed by atoms with Gasteiger partial charge >= 0.3 is 0 Å². The second-order valence-corrected chi connectivity index (χ2v) is 17.5. The van der Waals surface area contributed by atoms with Crippen LogP contribution in [0, 0.1) is 0 Å². The Morgan fingerprint density at radius 2 is 1.00 bits per heavy atom. The van der Waals surface area contributed by atoms with Crippen molar-refractivity contribution >= 4 is 49.4 Å². The van der Waals surface area contributed by atoms with Crippen LogP contribution in [0.15, 0.2) is 188 Å². The number of anilines is 3. The van der Waals surface area contributed by atoms with E-state index >= 15 is 0 Å². The third kappa shape index (κ3) is 6.79. The lowest BCUT2D eigenvalue weighted by molar-refractivity contribution is 0.445. The summed E-state index contributed by atoms with van der Waals surface area (Å²) in [5.41, 5.74) is 13.6. The van der Waals surface area contributed by atoms with Gasteiger partial charge in [0, 0.05) is 16.7 Å². The highest BCUT2D eigenvalue weighted by atomic mass is 15.2. The molecule has 288 valence electrons. The molecule has 1 heteroatoms. The third-order valence-electron chi connectivity index (χ3n) is 12.8. The van der Waals surface area contributed by atoms with Crippen LogP contribution in [0.4, 0.5) is 17.1 Å². The van der Waals surface area contributed by atoms with Crippen LogP contribution in [0.1, 0.15) is 69.9 Å². The van der Waals surface area contributed by atoms with Crippen molar-refractivity contribution in [1.82, 2.24) is 0 Å². The van der Waals surface area contributed by atoms with Crippen molar-refractivity contribution in [3.05, 3.63) is 199 Å². The van der Waals surface area contributed by atoms with Gasteiger partial charge in [-0.2, -0.15) is 0 Å². The van der Waals surface area contributed by atoms with E-state index in [1.165, 1.54) is 120 Å². The van der Waals surface area contributed by atoms with Crippen LogP contribution in [0.25, 0.3) is 65.7 Å². The maximum absolute atomic E-state index is 2.59. The normalized spacial score (nSPS) is 13.6. The van der Waals surface area contributed by atoms with Gasteiger partial charge in [-0.3, -0.25) is 0 Å². The Balaban J connectivity index is 1.29. The van der Waals surface area contributed by atoms with E-state index in [0.717, 1.165) is 5.69 Å². The molecule has 0 amide bonds. The first-order valence-corrected chi connectivity index (χ1v) is 21.5. The molecule has 0 bridgehead atoms. The summed E-state index contributed by atoms with van der Waals surface area (Å²) in [6, 6.07) is 70.4. The van der Waals surface area contributed by atoms with Crippen LogP contribution in [0.5, 0.6) is 0 Å². The predicted octanol–water partition coefficient (Wildman–Crippen LogP) is 17.0. The smallest absolute Gasteiger partial charge is 0.0543 e.